The number of nitriles is 1. The Hall–Kier alpha value is -3.53. The van der Waals surface area contributed by atoms with Gasteiger partial charge in [-0.15, -0.1) is 0 Å². The number of aromatic nitrogens is 5. The first-order valence-corrected chi connectivity index (χ1v) is 10.7. The molecule has 4 heterocycles. The Morgan fingerprint density at radius 1 is 1.13 bits per heavy atom. The summed E-state index contributed by atoms with van der Waals surface area (Å²) in [6, 6.07) is 9.66. The Labute approximate surface area is 180 Å². The van der Waals surface area contributed by atoms with Crippen molar-refractivity contribution in [3.8, 4) is 28.5 Å². The Morgan fingerprint density at radius 2 is 1.97 bits per heavy atom. The average Bonchev–Trinajstić information content (AvgIpc) is 3.52. The third-order valence-electron chi connectivity index (χ3n) is 6.04. The quantitative estimate of drug-likeness (QED) is 0.462. The maximum atomic E-state index is 14.9. The van der Waals surface area contributed by atoms with Gasteiger partial charge in [0.1, 0.15) is 23.1 Å². The predicted molar refractivity (Wildman–Crippen MR) is 116 cm³/mol. The average molecular weight is 414 g/mol. The van der Waals surface area contributed by atoms with Gasteiger partial charge in [0, 0.05) is 35.3 Å². The van der Waals surface area contributed by atoms with Gasteiger partial charge in [0.2, 0.25) is 0 Å². The molecule has 0 N–H and O–H groups in total. The van der Waals surface area contributed by atoms with Gasteiger partial charge in [-0.25, -0.2) is 14.4 Å². The van der Waals surface area contributed by atoms with Gasteiger partial charge in [0.25, 0.3) is 0 Å². The van der Waals surface area contributed by atoms with Crippen LogP contribution in [0.5, 0.6) is 0 Å². The van der Waals surface area contributed by atoms with Crippen LogP contribution in [0.3, 0.4) is 0 Å². The lowest BCUT2D eigenvalue weighted by Gasteiger charge is -2.18. The lowest BCUT2D eigenvalue weighted by atomic mass is 10.0. The topological polar surface area (TPSA) is 71.8 Å². The molecule has 0 unspecified atom stereocenters. The Morgan fingerprint density at radius 3 is 2.74 bits per heavy atom. The number of imidazole rings is 1. The minimum absolute atomic E-state index is 0.270. The second kappa shape index (κ2) is 7.62. The molecule has 1 aliphatic carbocycles. The third-order valence-corrected chi connectivity index (χ3v) is 6.04. The first-order valence-electron chi connectivity index (χ1n) is 10.7. The molecule has 0 atom stereocenters. The maximum absolute atomic E-state index is 14.9. The van der Waals surface area contributed by atoms with E-state index in [2.05, 4.69) is 28.1 Å². The minimum Gasteiger partial charge on any atom is -0.307 e. The second-order valence-electron chi connectivity index (χ2n) is 8.26. The van der Waals surface area contributed by atoms with Crippen LogP contribution in [0, 0.1) is 11.3 Å². The fraction of sp³-hybridized carbons (Fsp3) is 0.333. The number of nitrogens with zero attached hydrogens (tertiary/aromatic N) is 6. The zero-order valence-electron chi connectivity index (χ0n) is 17.4. The molecule has 0 spiro atoms. The highest BCUT2D eigenvalue weighted by Gasteiger charge is 2.34. The zero-order chi connectivity index (χ0) is 21.4. The summed E-state index contributed by atoms with van der Waals surface area (Å²) in [5.74, 6) is 0. The van der Waals surface area contributed by atoms with Gasteiger partial charge in [-0.05, 0) is 43.5 Å². The highest BCUT2D eigenvalue weighted by Crippen LogP contribution is 2.36. The van der Waals surface area contributed by atoms with Crippen LogP contribution in [-0.4, -0.2) is 29.8 Å². The SMILES string of the molecule is CCc1cn2ccc(-c3nc(C#N)ccc3-c3cnn(CC4(F)CCCC4)c3)cc2n1. The van der Waals surface area contributed by atoms with Crippen LogP contribution in [0.25, 0.3) is 28.0 Å². The monoisotopic (exact) mass is 414 g/mol. The molecule has 4 aromatic rings. The van der Waals surface area contributed by atoms with Crippen molar-refractivity contribution in [2.75, 3.05) is 0 Å². The fourth-order valence-electron chi connectivity index (χ4n) is 4.37. The molecule has 4 aromatic heterocycles. The summed E-state index contributed by atoms with van der Waals surface area (Å²) in [5.41, 5.74) is 4.30. The molecule has 1 aliphatic rings. The van der Waals surface area contributed by atoms with E-state index in [1.165, 1.54) is 0 Å². The van der Waals surface area contributed by atoms with Gasteiger partial charge in [-0.3, -0.25) is 4.68 Å². The first kappa shape index (κ1) is 19.4. The molecule has 7 heteroatoms. The largest absolute Gasteiger partial charge is 0.307 e. The van der Waals surface area contributed by atoms with Crippen LogP contribution >= 0.6 is 0 Å². The minimum atomic E-state index is -1.17. The zero-order valence-corrected chi connectivity index (χ0v) is 17.4. The van der Waals surface area contributed by atoms with Gasteiger partial charge in [-0.1, -0.05) is 19.8 Å². The van der Waals surface area contributed by atoms with Gasteiger partial charge in [0.05, 0.1) is 24.1 Å². The van der Waals surface area contributed by atoms with E-state index in [1.807, 2.05) is 41.2 Å². The summed E-state index contributed by atoms with van der Waals surface area (Å²) in [6.45, 7) is 2.34. The van der Waals surface area contributed by atoms with Crippen LogP contribution in [0.4, 0.5) is 4.39 Å². The van der Waals surface area contributed by atoms with E-state index in [-0.39, 0.29) is 6.54 Å². The van der Waals surface area contributed by atoms with Crippen molar-refractivity contribution in [1.82, 2.24) is 24.1 Å². The first-order chi connectivity index (χ1) is 15.1. The van der Waals surface area contributed by atoms with E-state index in [0.29, 0.717) is 24.2 Å². The molecule has 156 valence electrons. The van der Waals surface area contributed by atoms with Crippen LogP contribution in [0.1, 0.15) is 44.0 Å². The second-order valence-corrected chi connectivity index (χ2v) is 8.26. The van der Waals surface area contributed by atoms with E-state index in [1.54, 1.807) is 16.9 Å². The molecule has 31 heavy (non-hydrogen) atoms. The van der Waals surface area contributed by atoms with Gasteiger partial charge in [-0.2, -0.15) is 10.4 Å². The van der Waals surface area contributed by atoms with Crippen molar-refractivity contribution in [3.63, 3.8) is 0 Å². The van der Waals surface area contributed by atoms with E-state index in [4.69, 9.17) is 0 Å². The molecule has 0 bridgehead atoms. The molecule has 1 saturated carbocycles. The highest BCUT2D eigenvalue weighted by molar-refractivity contribution is 5.81. The normalized spacial score (nSPS) is 15.4. The van der Waals surface area contributed by atoms with Crippen molar-refractivity contribution >= 4 is 5.65 Å². The summed E-state index contributed by atoms with van der Waals surface area (Å²) >= 11 is 0. The number of aryl methyl sites for hydroxylation is 1. The highest BCUT2D eigenvalue weighted by atomic mass is 19.1. The standard InChI is InChI=1S/C24H23FN6/c1-2-19-15-30-10-7-17(11-22(30)28-19)23-21(6-5-20(12-26)29-23)18-13-27-31(14-18)16-24(25)8-3-4-9-24/h5-7,10-11,13-15H,2-4,8-9,16H2,1H3. The molecule has 5 rings (SSSR count). The van der Waals surface area contributed by atoms with Crippen molar-refractivity contribution in [2.24, 2.45) is 0 Å². The Kier molecular flexibility index (Phi) is 4.78. The number of rotatable bonds is 5. The molecule has 0 saturated heterocycles. The molecule has 1 fully saturated rings. The molecule has 6 nitrogen and oxygen atoms in total. The maximum Gasteiger partial charge on any atom is 0.141 e. The molecule has 0 amide bonds. The van der Waals surface area contributed by atoms with Crippen LogP contribution in [-0.2, 0) is 13.0 Å². The molecule has 0 aromatic carbocycles. The van der Waals surface area contributed by atoms with Crippen LogP contribution in [0.2, 0.25) is 0 Å². The molecule has 0 aliphatic heterocycles. The number of hydrogen-bond donors (Lipinski definition) is 0. The number of pyridine rings is 2. The lowest BCUT2D eigenvalue weighted by molar-refractivity contribution is 0.139. The summed E-state index contributed by atoms with van der Waals surface area (Å²) in [7, 11) is 0. The predicted octanol–water partition coefficient (Wildman–Crippen LogP) is 4.98. The lowest BCUT2D eigenvalue weighted by Crippen LogP contribution is -2.25. The van der Waals surface area contributed by atoms with E-state index < -0.39 is 5.67 Å². The summed E-state index contributed by atoms with van der Waals surface area (Å²) in [6.07, 6.45) is 11.5. The summed E-state index contributed by atoms with van der Waals surface area (Å²) < 4.78 is 18.6. The number of fused-ring (bicyclic) bond motifs is 1. The third kappa shape index (κ3) is 3.70. The Bertz CT molecular complexity index is 1290. The van der Waals surface area contributed by atoms with Gasteiger partial charge in [0.15, 0.2) is 0 Å². The van der Waals surface area contributed by atoms with E-state index in [9.17, 15) is 9.65 Å². The van der Waals surface area contributed by atoms with Gasteiger partial charge >= 0.3 is 0 Å². The number of halogens is 1. The number of hydrogen-bond acceptors (Lipinski definition) is 4. The van der Waals surface area contributed by atoms with Gasteiger partial charge < -0.3 is 4.40 Å². The van der Waals surface area contributed by atoms with Crippen molar-refractivity contribution in [3.05, 3.63) is 60.4 Å². The van der Waals surface area contributed by atoms with E-state index >= 15 is 0 Å². The summed E-state index contributed by atoms with van der Waals surface area (Å²) in [5, 5.41) is 13.8. The van der Waals surface area contributed by atoms with Crippen LogP contribution in [0.15, 0.2) is 49.1 Å². The number of alkyl halides is 1. The Balaban J connectivity index is 1.55. The molecular formula is C24H23FN6. The van der Waals surface area contributed by atoms with Crippen molar-refractivity contribution in [2.45, 2.75) is 51.2 Å². The smallest absolute Gasteiger partial charge is 0.141 e. The van der Waals surface area contributed by atoms with E-state index in [0.717, 1.165) is 47.3 Å². The summed E-state index contributed by atoms with van der Waals surface area (Å²) in [4.78, 5) is 9.23. The fourth-order valence-corrected chi connectivity index (χ4v) is 4.37. The van der Waals surface area contributed by atoms with Crippen molar-refractivity contribution in [1.29, 1.82) is 5.26 Å². The molecule has 0 radical (unpaired) electrons. The molecular weight excluding hydrogens is 391 g/mol. The van der Waals surface area contributed by atoms with Crippen LogP contribution < -0.4 is 0 Å². The van der Waals surface area contributed by atoms with Crippen molar-refractivity contribution < 1.29 is 4.39 Å².